The maximum atomic E-state index is 7.13. The molecule has 4 heteroatoms. The minimum absolute atomic E-state index is 0.0949. The van der Waals surface area contributed by atoms with Crippen molar-refractivity contribution in [2.24, 2.45) is 0 Å². The van der Waals surface area contributed by atoms with E-state index < -0.39 is 0 Å². The van der Waals surface area contributed by atoms with Gasteiger partial charge in [-0.05, 0) is 88.4 Å². The van der Waals surface area contributed by atoms with E-state index in [1.54, 1.807) is 0 Å². The Labute approximate surface area is 385 Å². The molecule has 0 unspecified atom stereocenters. The summed E-state index contributed by atoms with van der Waals surface area (Å²) in [5, 5.41) is 11.6. The normalized spacial score (nSPS) is 12.5. The van der Waals surface area contributed by atoms with Crippen molar-refractivity contribution in [3.63, 3.8) is 0 Å². The topological polar surface area (TPSA) is 32.8 Å². The van der Waals surface area contributed by atoms with E-state index >= 15 is 0 Å². The standard InChI is InChI=1S/C62H52N2O2/c1-37-19-9-11-31-49(37)63(51-33-17-25-43-41-23-15-29-47(61(3,4)5)57(41)65-59(43)51)53-35-39-21-13-22-40-36-54(46-28-14-27-45(53)56(46)55(39)40)64(50-32-12-10-20-38(50)2)52-34-18-26-44-42-24-16-30-48(62(6,7)8)58(42)66-60(44)52/h9-36H,1-8H3. The van der Waals surface area contributed by atoms with Gasteiger partial charge >= 0.3 is 0 Å². The molecule has 0 saturated carbocycles. The average Bonchev–Trinajstić information content (AvgIpc) is 3.89. The fourth-order valence-electron chi connectivity index (χ4n) is 10.7. The van der Waals surface area contributed by atoms with Crippen molar-refractivity contribution >= 4 is 110 Å². The second kappa shape index (κ2) is 14.5. The zero-order valence-corrected chi connectivity index (χ0v) is 38.9. The molecule has 0 aliphatic rings. The molecule has 2 heterocycles. The molecule has 66 heavy (non-hydrogen) atoms. The first-order chi connectivity index (χ1) is 31.9. The van der Waals surface area contributed by atoms with Gasteiger partial charge in [0, 0.05) is 60.2 Å². The van der Waals surface area contributed by atoms with Crippen LogP contribution in [-0.4, -0.2) is 0 Å². The van der Waals surface area contributed by atoms with E-state index in [0.717, 1.165) is 88.8 Å². The highest BCUT2D eigenvalue weighted by Crippen LogP contribution is 2.53. The lowest BCUT2D eigenvalue weighted by molar-refractivity contribution is 0.572. The van der Waals surface area contributed by atoms with E-state index in [9.17, 15) is 0 Å². The lowest BCUT2D eigenvalue weighted by Gasteiger charge is -2.31. The van der Waals surface area contributed by atoms with E-state index in [0.29, 0.717) is 0 Å². The molecular formula is C62H52N2O2. The Balaban J connectivity index is 1.18. The third-order valence-corrected chi connectivity index (χ3v) is 13.9. The van der Waals surface area contributed by atoms with Gasteiger partial charge in [0.05, 0.1) is 22.7 Å². The summed E-state index contributed by atoms with van der Waals surface area (Å²) >= 11 is 0. The molecule has 0 atom stereocenters. The Morgan fingerprint density at radius 1 is 0.318 bits per heavy atom. The van der Waals surface area contributed by atoms with Gasteiger partial charge in [0.1, 0.15) is 11.2 Å². The van der Waals surface area contributed by atoms with E-state index in [-0.39, 0.29) is 10.8 Å². The SMILES string of the molecule is Cc1ccccc1N(c1cc2cccc3cc(N(c4ccccc4C)c4cccc5c4oc4c(C(C)(C)C)cccc45)c4cccc1c4c23)c1cccc2c1oc1c(C(C)(C)C)cccc12. The Bertz CT molecular complexity index is 3640. The first-order valence-electron chi connectivity index (χ1n) is 23.2. The van der Waals surface area contributed by atoms with Gasteiger partial charge in [0.25, 0.3) is 0 Å². The van der Waals surface area contributed by atoms with Gasteiger partial charge < -0.3 is 18.6 Å². The molecule has 0 radical (unpaired) electrons. The number of anilines is 6. The molecule has 0 bridgehead atoms. The van der Waals surface area contributed by atoms with Crippen LogP contribution in [0.4, 0.5) is 34.1 Å². The van der Waals surface area contributed by atoms with Crippen LogP contribution >= 0.6 is 0 Å². The molecule has 0 fully saturated rings. The van der Waals surface area contributed by atoms with Crippen LogP contribution in [0.25, 0.3) is 76.2 Å². The molecule has 0 spiro atoms. The number of hydrogen-bond acceptors (Lipinski definition) is 4. The molecule has 0 aliphatic carbocycles. The Hall–Kier alpha value is -7.56. The fraction of sp³-hybridized carbons (Fsp3) is 0.161. The molecule has 322 valence electrons. The van der Waals surface area contributed by atoms with Crippen LogP contribution in [0.15, 0.2) is 179 Å². The van der Waals surface area contributed by atoms with Crippen LogP contribution in [0.2, 0.25) is 0 Å². The third-order valence-electron chi connectivity index (χ3n) is 13.9. The fourth-order valence-corrected chi connectivity index (χ4v) is 10.7. The largest absolute Gasteiger partial charge is 0.454 e. The molecule has 4 nitrogen and oxygen atoms in total. The number of fused-ring (bicyclic) bond motifs is 6. The average molecular weight is 857 g/mol. The third kappa shape index (κ3) is 5.97. The molecule has 0 saturated heterocycles. The molecule has 12 rings (SSSR count). The number of furan rings is 2. The maximum Gasteiger partial charge on any atom is 0.159 e. The minimum Gasteiger partial charge on any atom is -0.454 e. The van der Waals surface area contributed by atoms with Crippen molar-refractivity contribution in [1.29, 1.82) is 0 Å². The summed E-state index contributed by atoms with van der Waals surface area (Å²) in [4.78, 5) is 4.89. The zero-order valence-electron chi connectivity index (χ0n) is 38.9. The lowest BCUT2D eigenvalue weighted by atomic mass is 9.86. The molecule has 2 aromatic heterocycles. The van der Waals surface area contributed by atoms with Crippen molar-refractivity contribution in [3.05, 3.63) is 192 Å². The Morgan fingerprint density at radius 3 is 1.09 bits per heavy atom. The van der Waals surface area contributed by atoms with Gasteiger partial charge in [-0.3, -0.25) is 0 Å². The molecular weight excluding hydrogens is 805 g/mol. The molecule has 0 aliphatic heterocycles. The second-order valence-corrected chi connectivity index (χ2v) is 20.2. The maximum absolute atomic E-state index is 7.13. The van der Waals surface area contributed by atoms with Crippen molar-refractivity contribution in [1.82, 2.24) is 0 Å². The van der Waals surface area contributed by atoms with Crippen LogP contribution in [0.1, 0.15) is 63.8 Å². The predicted molar refractivity (Wildman–Crippen MR) is 281 cm³/mol. The van der Waals surface area contributed by atoms with E-state index in [1.807, 2.05) is 0 Å². The molecule has 0 N–H and O–H groups in total. The number of para-hydroxylation sites is 6. The van der Waals surface area contributed by atoms with Crippen molar-refractivity contribution in [2.45, 2.75) is 66.2 Å². The monoisotopic (exact) mass is 856 g/mol. The summed E-state index contributed by atoms with van der Waals surface area (Å²) in [6.07, 6.45) is 0. The summed E-state index contributed by atoms with van der Waals surface area (Å²) in [5.41, 5.74) is 14.6. The van der Waals surface area contributed by atoms with Gasteiger partial charge in [-0.15, -0.1) is 0 Å². The van der Waals surface area contributed by atoms with E-state index in [4.69, 9.17) is 8.83 Å². The van der Waals surface area contributed by atoms with Crippen molar-refractivity contribution in [2.75, 3.05) is 9.80 Å². The van der Waals surface area contributed by atoms with Gasteiger partial charge in [-0.2, -0.15) is 0 Å². The number of benzene rings is 10. The quantitative estimate of drug-likeness (QED) is 0.156. The highest BCUT2D eigenvalue weighted by Gasteiger charge is 2.29. The van der Waals surface area contributed by atoms with Crippen LogP contribution in [0, 0.1) is 13.8 Å². The zero-order chi connectivity index (χ0) is 45.2. The lowest BCUT2D eigenvalue weighted by Crippen LogP contribution is -2.14. The smallest absolute Gasteiger partial charge is 0.159 e. The van der Waals surface area contributed by atoms with Crippen LogP contribution in [0.5, 0.6) is 0 Å². The molecule has 0 amide bonds. The van der Waals surface area contributed by atoms with Gasteiger partial charge in [-0.1, -0.05) is 175 Å². The number of aryl methyl sites for hydroxylation is 2. The summed E-state index contributed by atoms with van der Waals surface area (Å²) in [6.45, 7) is 18.0. The highest BCUT2D eigenvalue weighted by molar-refractivity contribution is 6.30. The summed E-state index contributed by atoms with van der Waals surface area (Å²) < 4.78 is 14.3. The predicted octanol–water partition coefficient (Wildman–Crippen LogP) is 18.5. The number of hydrogen-bond donors (Lipinski definition) is 0. The number of nitrogens with zero attached hydrogens (tertiary/aromatic N) is 2. The Morgan fingerprint density at radius 2 is 0.667 bits per heavy atom. The van der Waals surface area contributed by atoms with Crippen LogP contribution in [-0.2, 0) is 10.8 Å². The number of rotatable bonds is 6. The first-order valence-corrected chi connectivity index (χ1v) is 23.2. The highest BCUT2D eigenvalue weighted by atomic mass is 16.3. The van der Waals surface area contributed by atoms with Gasteiger partial charge in [0.2, 0.25) is 0 Å². The van der Waals surface area contributed by atoms with E-state index in [2.05, 4.69) is 235 Å². The van der Waals surface area contributed by atoms with Crippen molar-refractivity contribution < 1.29 is 8.83 Å². The molecule has 10 aromatic carbocycles. The minimum atomic E-state index is -0.0949. The van der Waals surface area contributed by atoms with Gasteiger partial charge in [-0.25, -0.2) is 0 Å². The molecule has 12 aromatic rings. The summed E-state index contributed by atoms with van der Waals surface area (Å²) in [7, 11) is 0. The van der Waals surface area contributed by atoms with Gasteiger partial charge in [0.15, 0.2) is 11.2 Å². The van der Waals surface area contributed by atoms with E-state index in [1.165, 1.54) is 43.8 Å². The summed E-state index contributed by atoms with van der Waals surface area (Å²) in [5.74, 6) is 0. The summed E-state index contributed by atoms with van der Waals surface area (Å²) in [6, 6.07) is 62.2. The van der Waals surface area contributed by atoms with Crippen LogP contribution in [0.3, 0.4) is 0 Å². The second-order valence-electron chi connectivity index (χ2n) is 20.2. The van der Waals surface area contributed by atoms with Crippen molar-refractivity contribution in [3.8, 4) is 0 Å². The first kappa shape index (κ1) is 40.0. The van der Waals surface area contributed by atoms with Crippen LogP contribution < -0.4 is 9.80 Å². The Kier molecular flexibility index (Phi) is 8.77.